The molecule has 0 aliphatic carbocycles. The predicted molar refractivity (Wildman–Crippen MR) is 71.7 cm³/mol. The summed E-state index contributed by atoms with van der Waals surface area (Å²) in [5.41, 5.74) is 1.04. The lowest BCUT2D eigenvalue weighted by atomic mass is 9.86. The van der Waals surface area contributed by atoms with Crippen LogP contribution in [0.15, 0.2) is 47.1 Å². The maximum atomic E-state index is 11.8. The van der Waals surface area contributed by atoms with E-state index in [4.69, 9.17) is 9.68 Å². The highest BCUT2D eigenvalue weighted by atomic mass is 16.3. The topological polar surface area (TPSA) is 66.0 Å². The molecule has 1 aromatic heterocycles. The van der Waals surface area contributed by atoms with Crippen LogP contribution >= 0.6 is 0 Å². The minimum Gasteiger partial charge on any atom is -0.459 e. The first kappa shape index (κ1) is 12.9. The number of hydrogen-bond acceptors (Lipinski definition) is 3. The van der Waals surface area contributed by atoms with Crippen LogP contribution in [0.1, 0.15) is 30.0 Å². The molecular weight excluding hydrogens is 240 g/mol. The van der Waals surface area contributed by atoms with E-state index in [0.717, 1.165) is 5.56 Å². The van der Waals surface area contributed by atoms with Gasteiger partial charge < -0.3 is 9.73 Å². The standard InChI is InChI=1S/C15H14N2O2/c1-15(2,10-16)11-5-7-12(8-6-11)17-14(18)13-4-3-9-19-13/h3-9H,1-2H3,(H,17,18). The number of hydrogen-bond donors (Lipinski definition) is 1. The third-order valence-electron chi connectivity index (χ3n) is 2.89. The molecule has 1 aromatic carbocycles. The van der Waals surface area contributed by atoms with E-state index in [1.807, 2.05) is 26.0 Å². The highest BCUT2D eigenvalue weighted by Crippen LogP contribution is 2.23. The first-order valence-electron chi connectivity index (χ1n) is 5.89. The van der Waals surface area contributed by atoms with Crippen molar-refractivity contribution in [3.8, 4) is 6.07 Å². The summed E-state index contributed by atoms with van der Waals surface area (Å²) in [7, 11) is 0. The molecule has 0 fully saturated rings. The zero-order valence-corrected chi connectivity index (χ0v) is 10.8. The Morgan fingerprint density at radius 3 is 2.47 bits per heavy atom. The molecule has 19 heavy (non-hydrogen) atoms. The normalized spacial score (nSPS) is 10.8. The van der Waals surface area contributed by atoms with Gasteiger partial charge in [-0.3, -0.25) is 4.79 Å². The maximum Gasteiger partial charge on any atom is 0.291 e. The summed E-state index contributed by atoms with van der Waals surface area (Å²) in [5, 5.41) is 11.8. The van der Waals surface area contributed by atoms with E-state index in [-0.39, 0.29) is 11.7 Å². The average Bonchev–Trinajstić information content (AvgIpc) is 2.93. The van der Waals surface area contributed by atoms with Crippen molar-refractivity contribution in [1.82, 2.24) is 0 Å². The van der Waals surface area contributed by atoms with Crippen molar-refractivity contribution in [2.75, 3.05) is 5.32 Å². The first-order chi connectivity index (χ1) is 9.03. The van der Waals surface area contributed by atoms with Gasteiger partial charge >= 0.3 is 0 Å². The molecule has 1 amide bonds. The molecule has 2 rings (SSSR count). The Balaban J connectivity index is 2.12. The summed E-state index contributed by atoms with van der Waals surface area (Å²) in [4.78, 5) is 11.8. The van der Waals surface area contributed by atoms with Crippen LogP contribution in [-0.4, -0.2) is 5.91 Å². The van der Waals surface area contributed by atoms with Gasteiger partial charge in [0, 0.05) is 5.69 Å². The smallest absolute Gasteiger partial charge is 0.291 e. The number of nitrogens with one attached hydrogen (secondary N) is 1. The van der Waals surface area contributed by atoms with Gasteiger partial charge in [0.15, 0.2) is 5.76 Å². The van der Waals surface area contributed by atoms with E-state index >= 15 is 0 Å². The number of anilines is 1. The average molecular weight is 254 g/mol. The van der Waals surface area contributed by atoms with Crippen LogP contribution in [0, 0.1) is 11.3 Å². The number of amides is 1. The van der Waals surface area contributed by atoms with Crippen molar-refractivity contribution in [3.05, 3.63) is 54.0 Å². The summed E-state index contributed by atoms with van der Waals surface area (Å²) in [5.74, 6) is -0.0290. The minimum absolute atomic E-state index is 0.265. The molecule has 0 spiro atoms. The third kappa shape index (κ3) is 2.83. The van der Waals surface area contributed by atoms with Crippen LogP contribution in [0.25, 0.3) is 0 Å². The number of rotatable bonds is 3. The molecule has 1 N–H and O–H groups in total. The zero-order valence-electron chi connectivity index (χ0n) is 10.8. The van der Waals surface area contributed by atoms with Gasteiger partial charge in [-0.1, -0.05) is 12.1 Å². The van der Waals surface area contributed by atoms with Gasteiger partial charge in [-0.15, -0.1) is 0 Å². The van der Waals surface area contributed by atoms with Crippen molar-refractivity contribution in [2.45, 2.75) is 19.3 Å². The highest BCUT2D eigenvalue weighted by Gasteiger charge is 2.19. The van der Waals surface area contributed by atoms with Gasteiger partial charge in [-0.2, -0.15) is 5.26 Å². The summed E-state index contributed by atoms with van der Waals surface area (Å²) in [6.45, 7) is 3.70. The molecule has 0 radical (unpaired) electrons. The monoisotopic (exact) mass is 254 g/mol. The van der Waals surface area contributed by atoms with E-state index in [0.29, 0.717) is 5.69 Å². The Hall–Kier alpha value is -2.54. The number of carbonyl (C=O) groups is 1. The molecule has 4 heteroatoms. The van der Waals surface area contributed by atoms with Crippen LogP contribution in [0.4, 0.5) is 5.69 Å². The quantitative estimate of drug-likeness (QED) is 0.913. The molecule has 0 bridgehead atoms. The first-order valence-corrected chi connectivity index (χ1v) is 5.89. The van der Waals surface area contributed by atoms with Crippen LogP contribution in [0.5, 0.6) is 0 Å². The molecule has 0 aliphatic heterocycles. The second kappa shape index (κ2) is 4.99. The van der Waals surface area contributed by atoms with Gasteiger partial charge in [-0.25, -0.2) is 0 Å². The Bertz CT molecular complexity index is 605. The Morgan fingerprint density at radius 1 is 1.26 bits per heavy atom. The maximum absolute atomic E-state index is 11.8. The number of furan rings is 1. The Morgan fingerprint density at radius 2 is 1.95 bits per heavy atom. The van der Waals surface area contributed by atoms with Crippen molar-refractivity contribution in [1.29, 1.82) is 5.26 Å². The van der Waals surface area contributed by atoms with E-state index in [9.17, 15) is 4.79 Å². The van der Waals surface area contributed by atoms with E-state index in [1.54, 1.807) is 24.3 Å². The SMILES string of the molecule is CC(C)(C#N)c1ccc(NC(=O)c2ccco2)cc1. The Kier molecular flexibility index (Phi) is 3.39. The summed E-state index contributed by atoms with van der Waals surface area (Å²) in [6.07, 6.45) is 1.45. The zero-order chi connectivity index (χ0) is 13.9. The number of nitrogens with zero attached hydrogens (tertiary/aromatic N) is 1. The molecule has 0 unspecified atom stereocenters. The predicted octanol–water partition coefficient (Wildman–Crippen LogP) is 3.33. The number of carbonyl (C=O) groups excluding carboxylic acids is 1. The van der Waals surface area contributed by atoms with Crippen LogP contribution in [0.2, 0.25) is 0 Å². The summed E-state index contributed by atoms with van der Waals surface area (Å²) >= 11 is 0. The molecular formula is C15H14N2O2. The number of benzene rings is 1. The molecule has 2 aromatic rings. The van der Waals surface area contributed by atoms with Crippen LogP contribution in [0.3, 0.4) is 0 Å². The molecule has 0 saturated carbocycles. The third-order valence-corrected chi connectivity index (χ3v) is 2.89. The second-order valence-electron chi connectivity index (χ2n) is 4.75. The second-order valence-corrected chi connectivity index (χ2v) is 4.75. The largest absolute Gasteiger partial charge is 0.459 e. The molecule has 1 heterocycles. The Labute approximate surface area is 111 Å². The van der Waals surface area contributed by atoms with Crippen molar-refractivity contribution in [3.63, 3.8) is 0 Å². The molecule has 0 aliphatic rings. The van der Waals surface area contributed by atoms with Gasteiger partial charge in [0.1, 0.15) is 0 Å². The lowest BCUT2D eigenvalue weighted by Crippen LogP contribution is -2.14. The van der Waals surface area contributed by atoms with Crippen LogP contribution in [-0.2, 0) is 5.41 Å². The molecule has 0 saturated heterocycles. The van der Waals surface area contributed by atoms with Crippen molar-refractivity contribution < 1.29 is 9.21 Å². The van der Waals surface area contributed by atoms with Gasteiger partial charge in [0.05, 0.1) is 17.7 Å². The highest BCUT2D eigenvalue weighted by molar-refractivity contribution is 6.02. The fraction of sp³-hybridized carbons (Fsp3) is 0.200. The van der Waals surface area contributed by atoms with E-state index < -0.39 is 5.41 Å². The van der Waals surface area contributed by atoms with E-state index in [2.05, 4.69) is 11.4 Å². The van der Waals surface area contributed by atoms with Crippen molar-refractivity contribution in [2.24, 2.45) is 0 Å². The van der Waals surface area contributed by atoms with Gasteiger partial charge in [0.2, 0.25) is 0 Å². The minimum atomic E-state index is -0.538. The molecule has 96 valence electrons. The van der Waals surface area contributed by atoms with Crippen LogP contribution < -0.4 is 5.32 Å². The fourth-order valence-electron chi connectivity index (χ4n) is 1.64. The molecule has 0 atom stereocenters. The van der Waals surface area contributed by atoms with Crippen molar-refractivity contribution >= 4 is 11.6 Å². The lowest BCUT2D eigenvalue weighted by molar-refractivity contribution is 0.0996. The van der Waals surface area contributed by atoms with Gasteiger partial charge in [0.25, 0.3) is 5.91 Å². The summed E-state index contributed by atoms with van der Waals surface area (Å²) in [6, 6.07) is 12.7. The number of nitriles is 1. The fourth-order valence-corrected chi connectivity index (χ4v) is 1.64. The summed E-state index contributed by atoms with van der Waals surface area (Å²) < 4.78 is 5.01. The molecule has 4 nitrogen and oxygen atoms in total. The van der Waals surface area contributed by atoms with E-state index in [1.165, 1.54) is 6.26 Å². The lowest BCUT2D eigenvalue weighted by Gasteiger charge is -2.16. The van der Waals surface area contributed by atoms with Gasteiger partial charge in [-0.05, 0) is 43.7 Å².